The summed E-state index contributed by atoms with van der Waals surface area (Å²) in [6.07, 6.45) is -0.703. The fraction of sp³-hybridized carbons (Fsp3) is 0.559. The van der Waals surface area contributed by atoms with Gasteiger partial charge in [0.25, 0.3) is 11.8 Å². The minimum Gasteiger partial charge on any atom is -0.377 e. The van der Waals surface area contributed by atoms with Gasteiger partial charge in [-0.1, -0.05) is 49.2 Å². The van der Waals surface area contributed by atoms with E-state index in [1.165, 1.54) is 60.4 Å². The van der Waals surface area contributed by atoms with Gasteiger partial charge in [-0.3, -0.25) is 19.2 Å². The molecule has 3 aliphatic heterocycles. The lowest BCUT2D eigenvalue weighted by Gasteiger charge is -2.44. The first-order chi connectivity index (χ1) is 38.1. The number of halogens is 7. The lowest BCUT2D eigenvalue weighted by molar-refractivity contribution is -0.143. The number of nitrogens with zero attached hydrogens (tertiary/aromatic N) is 6. The topological polar surface area (TPSA) is 118 Å². The van der Waals surface area contributed by atoms with Crippen LogP contribution < -0.4 is 5.32 Å². The van der Waals surface area contributed by atoms with Crippen LogP contribution in [0.5, 0.6) is 0 Å². The Hall–Kier alpha value is -5.61. The van der Waals surface area contributed by atoms with Gasteiger partial charge in [-0.05, 0) is 143 Å². The summed E-state index contributed by atoms with van der Waals surface area (Å²) in [7, 11) is 5.38. The summed E-state index contributed by atoms with van der Waals surface area (Å²) in [6, 6.07) is 18.2. The number of unbranched alkanes of at least 4 members (excludes halogenated alkanes) is 2. The Labute approximate surface area is 468 Å². The molecule has 436 valence electrons. The summed E-state index contributed by atoms with van der Waals surface area (Å²) in [5, 5.41) is 4.33. The van der Waals surface area contributed by atoms with Crippen molar-refractivity contribution in [1.29, 1.82) is 0 Å². The second-order valence-corrected chi connectivity index (χ2v) is 23.1. The Morgan fingerprint density at radius 3 is 2.10 bits per heavy atom. The van der Waals surface area contributed by atoms with Crippen molar-refractivity contribution in [3.8, 4) is 0 Å². The fourth-order valence-electron chi connectivity index (χ4n) is 11.7. The van der Waals surface area contributed by atoms with Gasteiger partial charge in [0.15, 0.2) is 0 Å². The van der Waals surface area contributed by atoms with Crippen molar-refractivity contribution in [1.82, 2.24) is 29.4 Å². The average Bonchev–Trinajstić information content (AvgIpc) is 4.20. The van der Waals surface area contributed by atoms with E-state index >= 15 is 0 Å². The van der Waals surface area contributed by atoms with Crippen molar-refractivity contribution < 1.29 is 59.4 Å². The molecule has 1 N–H and O–H groups in total. The van der Waals surface area contributed by atoms with E-state index in [1.54, 1.807) is 23.9 Å². The maximum absolute atomic E-state index is 14.2. The molecular formula is C59H74F7N7O6S. The van der Waals surface area contributed by atoms with E-state index in [1.807, 2.05) is 36.2 Å². The molecule has 4 amide bonds. The number of benzene rings is 3. The minimum atomic E-state index is -5.14. The fourth-order valence-corrected chi connectivity index (χ4v) is 12.6. The third kappa shape index (κ3) is 15.1. The summed E-state index contributed by atoms with van der Waals surface area (Å²) in [5.41, 5.74) is -2.80. The molecule has 1 spiro atoms. The number of carbonyl (C=O) groups is 4. The number of likely N-dealkylation sites (N-methyl/N-ethyl adjacent to an activating group) is 2. The number of hydrogen-bond acceptors (Lipinski definition) is 10. The number of carbonyl (C=O) groups excluding carboxylic acids is 4. The Bertz CT molecular complexity index is 2710. The molecule has 4 heterocycles. The van der Waals surface area contributed by atoms with Crippen LogP contribution in [0.2, 0.25) is 0 Å². The number of nitrogens with one attached hydrogen (secondary N) is 1. The Morgan fingerprint density at radius 1 is 0.738 bits per heavy atom. The molecule has 3 saturated heterocycles. The van der Waals surface area contributed by atoms with Gasteiger partial charge < -0.3 is 44.2 Å². The summed E-state index contributed by atoms with van der Waals surface area (Å²) < 4.78 is 109. The summed E-state index contributed by atoms with van der Waals surface area (Å²) >= 11 is 1.41. The number of alkyl halides is 6. The number of fused-ring (bicyclic) bond motifs is 2. The Kier molecular flexibility index (Phi) is 20.1. The van der Waals surface area contributed by atoms with Crippen molar-refractivity contribution >= 4 is 40.0 Å². The molecule has 0 radical (unpaired) electrons. The van der Waals surface area contributed by atoms with E-state index in [4.69, 9.17) is 9.47 Å². The predicted octanol–water partition coefficient (Wildman–Crippen LogP) is 10.2. The van der Waals surface area contributed by atoms with Gasteiger partial charge in [0.2, 0.25) is 11.8 Å². The number of anilines is 1. The third-order valence-electron chi connectivity index (χ3n) is 16.6. The van der Waals surface area contributed by atoms with E-state index in [9.17, 15) is 49.9 Å². The molecule has 80 heavy (non-hydrogen) atoms. The number of amides is 4. The van der Waals surface area contributed by atoms with Crippen molar-refractivity contribution in [2.45, 2.75) is 107 Å². The summed E-state index contributed by atoms with van der Waals surface area (Å²) in [5.74, 6) is -1.67. The lowest BCUT2D eigenvalue weighted by Crippen LogP contribution is -2.50. The number of rotatable bonds is 23. The highest BCUT2D eigenvalue weighted by Gasteiger charge is 2.50. The summed E-state index contributed by atoms with van der Waals surface area (Å²) in [6.45, 7) is 6.50. The van der Waals surface area contributed by atoms with Crippen molar-refractivity contribution in [3.05, 3.63) is 123 Å². The average molecular weight is 1140 g/mol. The molecule has 13 nitrogen and oxygen atoms in total. The third-order valence-corrected chi connectivity index (χ3v) is 17.6. The van der Waals surface area contributed by atoms with Crippen molar-refractivity contribution in [2.75, 3.05) is 112 Å². The number of hydrogen-bond donors (Lipinski definition) is 1. The molecule has 1 aromatic heterocycles. The van der Waals surface area contributed by atoms with Gasteiger partial charge >= 0.3 is 12.4 Å². The maximum atomic E-state index is 14.2. The number of ether oxygens (including phenoxy) is 2. The number of piperidine rings is 2. The molecular weight excluding hydrogens is 1070 g/mol. The summed E-state index contributed by atoms with van der Waals surface area (Å²) in [4.78, 5) is 64.8. The minimum absolute atomic E-state index is 0.0254. The van der Waals surface area contributed by atoms with Gasteiger partial charge in [0, 0.05) is 77.8 Å². The van der Waals surface area contributed by atoms with Crippen LogP contribution in [0.15, 0.2) is 78.9 Å². The van der Waals surface area contributed by atoms with Gasteiger partial charge in [0.05, 0.1) is 33.7 Å². The van der Waals surface area contributed by atoms with Crippen LogP contribution in [-0.4, -0.2) is 166 Å². The monoisotopic (exact) mass is 1140 g/mol. The molecule has 0 bridgehead atoms. The van der Waals surface area contributed by atoms with E-state index < -0.39 is 53.1 Å². The molecule has 3 aromatic carbocycles. The lowest BCUT2D eigenvalue weighted by atomic mass is 9.72. The quantitative estimate of drug-likeness (QED) is 0.0572. The SMILES string of the molecule is CN(CCN1CCCCC1)C(=O)CCCCCNc1ccc(C(=O)N(C)CCCN(C)C(=O)CO[C@H]2Cc3ccccc3C23CCN(CC[C@@]2(c4ccc(F)cc4)CN(C(=O)c4cc(C(F)(F)F)cc(C(F)(F)F)c4)CO2)CC3)s1. The largest absolute Gasteiger partial charge is 0.416 e. The molecule has 8 rings (SSSR count). The first-order valence-corrected chi connectivity index (χ1v) is 28.7. The Balaban J connectivity index is 0.779. The van der Waals surface area contributed by atoms with Crippen molar-refractivity contribution in [2.24, 2.45) is 0 Å². The van der Waals surface area contributed by atoms with Crippen LogP contribution >= 0.6 is 11.3 Å². The van der Waals surface area contributed by atoms with Crippen LogP contribution in [0.4, 0.5) is 35.7 Å². The van der Waals surface area contributed by atoms with Crippen LogP contribution in [0.25, 0.3) is 0 Å². The molecule has 0 saturated carbocycles. The van der Waals surface area contributed by atoms with Crippen LogP contribution in [0, 0.1) is 5.82 Å². The predicted molar refractivity (Wildman–Crippen MR) is 292 cm³/mol. The molecule has 4 aromatic rings. The molecule has 3 fully saturated rings. The number of thiophene rings is 1. The maximum Gasteiger partial charge on any atom is 0.416 e. The highest BCUT2D eigenvalue weighted by molar-refractivity contribution is 7.17. The van der Waals surface area contributed by atoms with Gasteiger partial charge in [-0.25, -0.2) is 4.39 Å². The van der Waals surface area contributed by atoms with Gasteiger partial charge in [-0.2, -0.15) is 26.3 Å². The highest BCUT2D eigenvalue weighted by Crippen LogP contribution is 2.48. The Morgan fingerprint density at radius 2 is 1.40 bits per heavy atom. The van der Waals surface area contributed by atoms with Crippen LogP contribution in [-0.2, 0) is 48.9 Å². The van der Waals surface area contributed by atoms with E-state index in [2.05, 4.69) is 27.2 Å². The zero-order chi connectivity index (χ0) is 57.2. The molecule has 4 aliphatic rings. The molecule has 1 aliphatic carbocycles. The zero-order valence-electron chi connectivity index (χ0n) is 45.9. The first-order valence-electron chi connectivity index (χ1n) is 27.8. The molecule has 0 unspecified atom stereocenters. The van der Waals surface area contributed by atoms with Gasteiger partial charge in [0.1, 0.15) is 24.8 Å². The normalized spacial score (nSPS) is 19.5. The zero-order valence-corrected chi connectivity index (χ0v) is 46.8. The van der Waals surface area contributed by atoms with E-state index in [0.29, 0.717) is 87.4 Å². The smallest absolute Gasteiger partial charge is 0.377 e. The standard InChI is InChI=1S/C59H74F7N7O6S/c1-68(26-12-27-70(3)55(77)49-20-21-51(80-49)67-25-9-4-6-15-52(74)69(2)33-34-71-28-10-5-11-29-71)53(75)39-78-50-37-42-13-7-8-14-48(42)56(50)22-30-72(31-23-56)32-24-57(44-16-18-47(60)19-17-44)40-73(41-79-57)54(76)43-35-45(58(61,62)63)38-46(36-43)59(64,65)66/h7-8,13-14,16-21,35-36,38,50,67H,4-6,9-12,15,22-34,37,39-41H2,1-3H3/t50-,57-/m0/s1. The van der Waals surface area contributed by atoms with Crippen molar-refractivity contribution in [3.63, 3.8) is 0 Å². The second-order valence-electron chi connectivity index (χ2n) is 22.0. The van der Waals surface area contributed by atoms with Crippen LogP contribution in [0.1, 0.15) is 118 Å². The van der Waals surface area contributed by atoms with E-state index in [-0.39, 0.29) is 54.9 Å². The number of likely N-dealkylation sites (tertiary alicyclic amines) is 2. The van der Waals surface area contributed by atoms with Crippen LogP contribution in [0.3, 0.4) is 0 Å². The highest BCUT2D eigenvalue weighted by atomic mass is 32.1. The van der Waals surface area contributed by atoms with E-state index in [0.717, 1.165) is 67.5 Å². The van der Waals surface area contributed by atoms with Gasteiger partial charge in [-0.15, -0.1) is 11.3 Å². The molecule has 2 atom stereocenters. The first kappa shape index (κ1) is 60.5. The second kappa shape index (κ2) is 26.5. The molecule has 21 heteroatoms.